The maximum atomic E-state index is 12.5. The number of nitrogens with one attached hydrogen (secondary N) is 2. The van der Waals surface area contributed by atoms with Gasteiger partial charge in [0.1, 0.15) is 0 Å². The molecule has 0 spiro atoms. The minimum atomic E-state index is -0.500. The van der Waals surface area contributed by atoms with Crippen LogP contribution in [-0.4, -0.2) is 37.9 Å². The predicted molar refractivity (Wildman–Crippen MR) is 100 cm³/mol. The summed E-state index contributed by atoms with van der Waals surface area (Å²) >= 11 is 0. The Morgan fingerprint density at radius 2 is 1.50 bits per heavy atom. The molecule has 0 aliphatic rings. The number of ether oxygens (including phenoxy) is 2. The number of benzene rings is 2. The van der Waals surface area contributed by atoms with Gasteiger partial charge in [-0.15, -0.1) is 0 Å². The molecule has 138 valence electrons. The Morgan fingerprint density at radius 3 is 2.15 bits per heavy atom. The van der Waals surface area contributed by atoms with E-state index >= 15 is 0 Å². The molecule has 2 aromatic rings. The van der Waals surface area contributed by atoms with Gasteiger partial charge >= 0.3 is 0 Å². The largest absolute Gasteiger partial charge is 0.351 e. The summed E-state index contributed by atoms with van der Waals surface area (Å²) in [5, 5.41) is 5.57. The Hall–Kier alpha value is -2.70. The average molecular weight is 356 g/mol. The molecule has 2 N–H and O–H groups in total. The molecule has 0 unspecified atom stereocenters. The molecule has 0 radical (unpaired) electrons. The first-order valence-corrected chi connectivity index (χ1v) is 8.62. The standard InChI is InChI=1S/C20H24N2O4/c1-3-25-18(26-4-2)14-21-20(24)16-12-8-9-13-17(16)22-19(23)15-10-6-5-7-11-15/h5-13,18H,3-4,14H2,1-2H3,(H,21,24)(H,22,23). The lowest BCUT2D eigenvalue weighted by atomic mass is 10.1. The summed E-state index contributed by atoms with van der Waals surface area (Å²) in [4.78, 5) is 24.9. The number of hydrogen-bond donors (Lipinski definition) is 2. The second-order valence-electron chi connectivity index (χ2n) is 5.42. The summed E-state index contributed by atoms with van der Waals surface area (Å²) in [5.74, 6) is -0.578. The normalized spacial score (nSPS) is 10.6. The predicted octanol–water partition coefficient (Wildman–Crippen LogP) is 3.07. The van der Waals surface area contributed by atoms with Gasteiger partial charge in [0.15, 0.2) is 6.29 Å². The number of carbonyl (C=O) groups is 2. The minimum Gasteiger partial charge on any atom is -0.351 e. The van der Waals surface area contributed by atoms with Crippen molar-refractivity contribution in [3.8, 4) is 0 Å². The monoisotopic (exact) mass is 356 g/mol. The zero-order chi connectivity index (χ0) is 18.8. The Bertz CT molecular complexity index is 713. The van der Waals surface area contributed by atoms with Crippen molar-refractivity contribution in [1.82, 2.24) is 5.32 Å². The molecule has 2 aromatic carbocycles. The first kappa shape index (κ1) is 19.6. The van der Waals surface area contributed by atoms with E-state index in [9.17, 15) is 9.59 Å². The van der Waals surface area contributed by atoms with Gasteiger partial charge in [0.25, 0.3) is 11.8 Å². The quantitative estimate of drug-likeness (QED) is 0.677. The summed E-state index contributed by atoms with van der Waals surface area (Å²) < 4.78 is 10.8. The van der Waals surface area contributed by atoms with Crippen LogP contribution in [0.2, 0.25) is 0 Å². The van der Waals surface area contributed by atoms with Gasteiger partial charge in [-0.05, 0) is 38.1 Å². The van der Waals surface area contributed by atoms with E-state index in [1.807, 2.05) is 19.9 Å². The summed E-state index contributed by atoms with van der Waals surface area (Å²) in [6.45, 7) is 4.93. The number of para-hydroxylation sites is 1. The molecule has 0 saturated carbocycles. The maximum absolute atomic E-state index is 12.5. The minimum absolute atomic E-state index is 0.224. The van der Waals surface area contributed by atoms with Crippen molar-refractivity contribution in [3.05, 3.63) is 65.7 Å². The third kappa shape index (κ3) is 5.68. The topological polar surface area (TPSA) is 76.7 Å². The lowest BCUT2D eigenvalue weighted by molar-refractivity contribution is -0.131. The molecular weight excluding hydrogens is 332 g/mol. The van der Waals surface area contributed by atoms with Crippen LogP contribution in [-0.2, 0) is 9.47 Å². The van der Waals surface area contributed by atoms with Gasteiger partial charge in [0.2, 0.25) is 0 Å². The number of rotatable bonds is 9. The van der Waals surface area contributed by atoms with Crippen molar-refractivity contribution in [2.45, 2.75) is 20.1 Å². The van der Waals surface area contributed by atoms with Crippen molar-refractivity contribution in [1.29, 1.82) is 0 Å². The number of carbonyl (C=O) groups excluding carboxylic acids is 2. The molecule has 0 aliphatic heterocycles. The fraction of sp³-hybridized carbons (Fsp3) is 0.300. The van der Waals surface area contributed by atoms with Crippen molar-refractivity contribution in [2.24, 2.45) is 0 Å². The molecule has 0 heterocycles. The Labute approximate surface area is 153 Å². The van der Waals surface area contributed by atoms with E-state index < -0.39 is 6.29 Å². The summed E-state index contributed by atoms with van der Waals surface area (Å²) in [6.07, 6.45) is -0.500. The van der Waals surface area contributed by atoms with Gasteiger partial charge in [0.05, 0.1) is 17.8 Å². The van der Waals surface area contributed by atoms with Gasteiger partial charge in [-0.1, -0.05) is 30.3 Å². The van der Waals surface area contributed by atoms with Crippen LogP contribution in [0.1, 0.15) is 34.6 Å². The van der Waals surface area contributed by atoms with Crippen LogP contribution in [0.15, 0.2) is 54.6 Å². The first-order valence-electron chi connectivity index (χ1n) is 8.62. The molecule has 2 amide bonds. The molecule has 0 fully saturated rings. The van der Waals surface area contributed by atoms with Crippen molar-refractivity contribution in [2.75, 3.05) is 25.1 Å². The fourth-order valence-electron chi connectivity index (χ4n) is 2.38. The van der Waals surface area contributed by atoms with E-state index in [2.05, 4.69) is 10.6 Å². The van der Waals surface area contributed by atoms with E-state index in [0.717, 1.165) is 0 Å². The highest BCUT2D eigenvalue weighted by molar-refractivity contribution is 6.08. The van der Waals surface area contributed by atoms with Crippen LogP contribution < -0.4 is 10.6 Å². The van der Waals surface area contributed by atoms with E-state index in [-0.39, 0.29) is 18.4 Å². The SMILES string of the molecule is CCOC(CNC(=O)c1ccccc1NC(=O)c1ccccc1)OCC. The molecule has 26 heavy (non-hydrogen) atoms. The van der Waals surface area contributed by atoms with Crippen LogP contribution >= 0.6 is 0 Å². The zero-order valence-corrected chi connectivity index (χ0v) is 15.0. The molecule has 0 atom stereocenters. The van der Waals surface area contributed by atoms with Gasteiger partial charge < -0.3 is 20.1 Å². The molecular formula is C20H24N2O4. The molecule has 0 aromatic heterocycles. The summed E-state index contributed by atoms with van der Waals surface area (Å²) in [7, 11) is 0. The lowest BCUT2D eigenvalue weighted by Gasteiger charge is -2.18. The Kier molecular flexibility index (Phi) is 7.79. The van der Waals surface area contributed by atoms with Crippen molar-refractivity contribution >= 4 is 17.5 Å². The van der Waals surface area contributed by atoms with Crippen LogP contribution in [0, 0.1) is 0 Å². The van der Waals surface area contributed by atoms with Crippen LogP contribution in [0.5, 0.6) is 0 Å². The molecule has 0 saturated heterocycles. The lowest BCUT2D eigenvalue weighted by Crippen LogP contribution is -2.35. The van der Waals surface area contributed by atoms with E-state index in [1.54, 1.807) is 48.5 Å². The third-order valence-corrected chi connectivity index (χ3v) is 3.59. The van der Waals surface area contributed by atoms with E-state index in [0.29, 0.717) is 30.0 Å². The van der Waals surface area contributed by atoms with Crippen LogP contribution in [0.3, 0.4) is 0 Å². The summed E-state index contributed by atoms with van der Waals surface area (Å²) in [6, 6.07) is 15.7. The Balaban J connectivity index is 2.05. The van der Waals surface area contributed by atoms with Gasteiger partial charge in [-0.25, -0.2) is 0 Å². The second-order valence-corrected chi connectivity index (χ2v) is 5.42. The molecule has 0 bridgehead atoms. The number of anilines is 1. The van der Waals surface area contributed by atoms with Crippen LogP contribution in [0.4, 0.5) is 5.69 Å². The number of hydrogen-bond acceptors (Lipinski definition) is 4. The fourth-order valence-corrected chi connectivity index (χ4v) is 2.38. The second kappa shape index (κ2) is 10.3. The molecule has 2 rings (SSSR count). The summed E-state index contributed by atoms with van der Waals surface area (Å²) in [5.41, 5.74) is 1.35. The van der Waals surface area contributed by atoms with Crippen LogP contribution in [0.25, 0.3) is 0 Å². The molecule has 0 aliphatic carbocycles. The highest BCUT2D eigenvalue weighted by Gasteiger charge is 2.16. The van der Waals surface area contributed by atoms with E-state index in [4.69, 9.17) is 9.47 Å². The van der Waals surface area contributed by atoms with Crippen molar-refractivity contribution < 1.29 is 19.1 Å². The average Bonchev–Trinajstić information content (AvgIpc) is 2.67. The van der Waals surface area contributed by atoms with Gasteiger partial charge in [0, 0.05) is 18.8 Å². The molecule has 6 nitrogen and oxygen atoms in total. The molecule has 6 heteroatoms. The maximum Gasteiger partial charge on any atom is 0.255 e. The van der Waals surface area contributed by atoms with E-state index in [1.165, 1.54) is 0 Å². The third-order valence-electron chi connectivity index (χ3n) is 3.59. The highest BCUT2D eigenvalue weighted by Crippen LogP contribution is 2.16. The van der Waals surface area contributed by atoms with Gasteiger partial charge in [-0.3, -0.25) is 9.59 Å². The first-order chi connectivity index (χ1) is 12.7. The van der Waals surface area contributed by atoms with Gasteiger partial charge in [-0.2, -0.15) is 0 Å². The highest BCUT2D eigenvalue weighted by atomic mass is 16.7. The Morgan fingerprint density at radius 1 is 0.885 bits per heavy atom. The smallest absolute Gasteiger partial charge is 0.255 e. The number of amides is 2. The van der Waals surface area contributed by atoms with Crippen molar-refractivity contribution in [3.63, 3.8) is 0 Å². The zero-order valence-electron chi connectivity index (χ0n) is 15.0.